The molecule has 2 aromatic rings. The first-order valence-electron chi connectivity index (χ1n) is 7.21. The Balaban J connectivity index is 2.48. The average Bonchev–Trinajstić information content (AvgIpc) is 2.55. The van der Waals surface area contributed by atoms with Gasteiger partial charge in [-0.05, 0) is 41.8 Å². The van der Waals surface area contributed by atoms with Crippen molar-refractivity contribution < 1.29 is 14.6 Å². The van der Waals surface area contributed by atoms with Crippen LogP contribution in [0, 0.1) is 0 Å². The van der Waals surface area contributed by atoms with Gasteiger partial charge in [0.2, 0.25) is 0 Å². The third kappa shape index (κ3) is 3.92. The Bertz CT molecular complexity index is 822. The highest BCUT2D eigenvalue weighted by Gasteiger charge is 2.09. The Labute approximate surface area is 140 Å². The zero-order valence-corrected chi connectivity index (χ0v) is 13.5. The number of phenolic OH excluding ortho intramolecular Hbond substituents is 1. The van der Waals surface area contributed by atoms with Gasteiger partial charge in [0.15, 0.2) is 17.5 Å². The molecule has 1 amide bonds. The molecule has 0 aliphatic carbocycles. The molecule has 124 valence electrons. The van der Waals surface area contributed by atoms with Crippen LogP contribution in [-0.2, 0) is 4.79 Å². The van der Waals surface area contributed by atoms with Crippen LogP contribution in [0.2, 0.25) is 0 Å². The number of carbonyl (C=O) groups is 1. The molecule has 0 spiro atoms. The number of phenols is 1. The number of aromatic hydroxyl groups is 1. The summed E-state index contributed by atoms with van der Waals surface area (Å²) in [7, 11) is 1.49. The van der Waals surface area contributed by atoms with Gasteiger partial charge in [-0.15, -0.1) is 0 Å². The second-order valence-corrected chi connectivity index (χ2v) is 5.14. The largest absolute Gasteiger partial charge is 0.504 e. The maximum atomic E-state index is 11.9. The van der Waals surface area contributed by atoms with Crippen LogP contribution < -0.4 is 16.2 Å². The normalized spacial score (nSPS) is 11.0. The molecule has 2 aromatic carbocycles. The van der Waals surface area contributed by atoms with Crippen LogP contribution in [0.15, 0.2) is 53.0 Å². The lowest BCUT2D eigenvalue weighted by Crippen LogP contribution is -2.24. The first-order valence-corrected chi connectivity index (χ1v) is 7.21. The number of nitrogens with two attached hydrogens (primary N) is 2. The minimum Gasteiger partial charge on any atom is -0.504 e. The molecular weight excluding hydrogens is 306 g/mol. The Hall–Kier alpha value is -3.28. The maximum Gasteiger partial charge on any atom is 0.275 e. The summed E-state index contributed by atoms with van der Waals surface area (Å²) >= 11 is 0. The van der Waals surface area contributed by atoms with Gasteiger partial charge < -0.3 is 21.3 Å². The summed E-state index contributed by atoms with van der Waals surface area (Å²) < 4.78 is 5.14. The number of methoxy groups -OCH3 is 1. The van der Waals surface area contributed by atoms with Gasteiger partial charge in [0.1, 0.15) is 0 Å². The molecule has 0 saturated carbocycles. The second kappa shape index (κ2) is 7.32. The Morgan fingerprint density at radius 2 is 1.92 bits per heavy atom. The fourth-order valence-corrected chi connectivity index (χ4v) is 2.23. The van der Waals surface area contributed by atoms with Gasteiger partial charge in [0, 0.05) is 5.57 Å². The van der Waals surface area contributed by atoms with E-state index in [1.165, 1.54) is 7.11 Å². The summed E-state index contributed by atoms with van der Waals surface area (Å²) in [6.07, 6.45) is 1.71. The summed E-state index contributed by atoms with van der Waals surface area (Å²) in [6, 6.07) is 12.6. The number of hydrogen-bond donors (Lipinski definition) is 3. The minimum atomic E-state index is -0.493. The fraction of sp³-hybridized carbons (Fsp3) is 0.111. The summed E-state index contributed by atoms with van der Waals surface area (Å²) in [5, 5.41) is 9.73. The lowest BCUT2D eigenvalue weighted by Gasteiger charge is -2.10. The lowest BCUT2D eigenvalue weighted by molar-refractivity contribution is -0.114. The number of aliphatic imine (C=N–C) groups is 1. The molecule has 0 radical (unpaired) electrons. The first kappa shape index (κ1) is 17.1. The molecule has 24 heavy (non-hydrogen) atoms. The monoisotopic (exact) mass is 325 g/mol. The van der Waals surface area contributed by atoms with Crippen molar-refractivity contribution in [1.29, 1.82) is 0 Å². The van der Waals surface area contributed by atoms with Gasteiger partial charge in [0.25, 0.3) is 5.91 Å². The molecule has 0 unspecified atom stereocenters. The third-order valence-electron chi connectivity index (χ3n) is 3.39. The second-order valence-electron chi connectivity index (χ2n) is 5.14. The van der Waals surface area contributed by atoms with Gasteiger partial charge in [-0.2, -0.15) is 4.99 Å². The van der Waals surface area contributed by atoms with Crippen molar-refractivity contribution >= 4 is 17.9 Å². The van der Waals surface area contributed by atoms with E-state index in [0.717, 1.165) is 16.7 Å². The molecule has 0 saturated heterocycles. The number of hydrogen-bond acceptors (Lipinski definition) is 3. The zero-order valence-electron chi connectivity index (χ0n) is 13.5. The van der Waals surface area contributed by atoms with Gasteiger partial charge in [-0.25, -0.2) is 0 Å². The van der Waals surface area contributed by atoms with Gasteiger partial charge in [0.05, 0.1) is 7.11 Å². The van der Waals surface area contributed by atoms with Crippen molar-refractivity contribution in [2.45, 2.75) is 6.92 Å². The third-order valence-corrected chi connectivity index (χ3v) is 3.39. The maximum absolute atomic E-state index is 11.9. The summed E-state index contributed by atoms with van der Waals surface area (Å²) in [5.74, 6) is -0.328. The van der Waals surface area contributed by atoms with Crippen LogP contribution in [-0.4, -0.2) is 24.1 Å². The molecule has 6 nitrogen and oxygen atoms in total. The molecule has 0 fully saturated rings. The first-order chi connectivity index (χ1) is 11.4. The highest BCUT2D eigenvalue weighted by Crippen LogP contribution is 2.33. The highest BCUT2D eigenvalue weighted by atomic mass is 16.5. The number of guanidine groups is 1. The number of nitrogens with zero attached hydrogens (tertiary/aromatic N) is 1. The smallest absolute Gasteiger partial charge is 0.275 e. The minimum absolute atomic E-state index is 0.0633. The summed E-state index contributed by atoms with van der Waals surface area (Å²) in [6.45, 7) is 1.64. The van der Waals surface area contributed by atoms with Crippen molar-refractivity contribution in [3.8, 4) is 22.6 Å². The van der Waals surface area contributed by atoms with Crippen LogP contribution in [0.25, 0.3) is 17.2 Å². The van der Waals surface area contributed by atoms with E-state index < -0.39 is 5.91 Å². The van der Waals surface area contributed by atoms with E-state index in [2.05, 4.69) is 4.99 Å². The Morgan fingerprint density at radius 1 is 1.21 bits per heavy atom. The number of ether oxygens (including phenoxy) is 1. The van der Waals surface area contributed by atoms with Crippen molar-refractivity contribution in [3.63, 3.8) is 0 Å². The summed E-state index contributed by atoms with van der Waals surface area (Å²) in [5.41, 5.74) is 13.4. The van der Waals surface area contributed by atoms with Crippen molar-refractivity contribution in [3.05, 3.63) is 53.6 Å². The molecule has 0 heterocycles. The van der Waals surface area contributed by atoms with Gasteiger partial charge >= 0.3 is 0 Å². The Morgan fingerprint density at radius 3 is 2.58 bits per heavy atom. The van der Waals surface area contributed by atoms with E-state index in [9.17, 15) is 9.90 Å². The molecule has 0 aromatic heterocycles. The molecule has 6 heteroatoms. The highest BCUT2D eigenvalue weighted by molar-refractivity contribution is 6.04. The molecule has 2 rings (SSSR count). The average molecular weight is 325 g/mol. The van der Waals surface area contributed by atoms with E-state index >= 15 is 0 Å². The fourth-order valence-electron chi connectivity index (χ4n) is 2.23. The van der Waals surface area contributed by atoms with Crippen LogP contribution in [0.3, 0.4) is 0 Å². The van der Waals surface area contributed by atoms with E-state index in [0.29, 0.717) is 11.3 Å². The Kier molecular flexibility index (Phi) is 5.21. The van der Waals surface area contributed by atoms with Gasteiger partial charge in [-0.1, -0.05) is 30.3 Å². The van der Waals surface area contributed by atoms with Crippen LogP contribution >= 0.6 is 0 Å². The predicted molar refractivity (Wildman–Crippen MR) is 94.6 cm³/mol. The quantitative estimate of drug-likeness (QED) is 0.453. The lowest BCUT2D eigenvalue weighted by atomic mass is 9.98. The van der Waals surface area contributed by atoms with Crippen LogP contribution in [0.5, 0.6) is 11.5 Å². The van der Waals surface area contributed by atoms with Crippen LogP contribution in [0.1, 0.15) is 12.5 Å². The number of benzene rings is 2. The van der Waals surface area contributed by atoms with Crippen molar-refractivity contribution in [2.75, 3.05) is 7.11 Å². The number of amides is 1. The van der Waals surface area contributed by atoms with Crippen molar-refractivity contribution in [2.24, 2.45) is 16.5 Å². The van der Waals surface area contributed by atoms with Crippen molar-refractivity contribution in [1.82, 2.24) is 0 Å². The molecule has 0 aliphatic heterocycles. The molecule has 0 aliphatic rings. The summed E-state index contributed by atoms with van der Waals surface area (Å²) in [4.78, 5) is 15.4. The van der Waals surface area contributed by atoms with E-state index in [1.807, 2.05) is 24.3 Å². The van der Waals surface area contributed by atoms with E-state index in [4.69, 9.17) is 16.2 Å². The van der Waals surface area contributed by atoms with Gasteiger partial charge in [-0.3, -0.25) is 4.79 Å². The molecular formula is C18H19N3O3. The number of carbonyl (C=O) groups excluding carboxylic acids is 1. The number of rotatable bonds is 4. The zero-order chi connectivity index (χ0) is 17.7. The molecule has 0 atom stereocenters. The topological polar surface area (TPSA) is 111 Å². The molecule has 5 N–H and O–H groups in total. The molecule has 0 bridgehead atoms. The van der Waals surface area contributed by atoms with Crippen LogP contribution in [0.4, 0.5) is 0 Å². The standard InChI is InChI=1S/C18H19N3O3/c1-11(17(23)21-18(19)20)9-12-5-3-4-6-14(12)13-7-8-15(22)16(10-13)24-2/h3-10,22H,1-2H3,(H4,19,20,21,23). The SMILES string of the molecule is COc1cc(-c2ccccc2C=C(C)C(=O)N=C(N)N)ccc1O. The predicted octanol–water partition coefficient (Wildman–Crippen LogP) is 2.27. The van der Waals surface area contributed by atoms with E-state index in [-0.39, 0.29) is 11.7 Å². The van der Waals surface area contributed by atoms with E-state index in [1.54, 1.807) is 31.2 Å².